The molecular formula is C32H39ClF3N3O3. The highest BCUT2D eigenvalue weighted by Gasteiger charge is 2.62. The van der Waals surface area contributed by atoms with Crippen LogP contribution in [0.1, 0.15) is 61.4 Å². The minimum absolute atomic E-state index is 0.0147. The zero-order chi connectivity index (χ0) is 30.1. The fourth-order valence-corrected chi connectivity index (χ4v) is 7.19. The number of anilines is 1. The molecule has 6 nitrogen and oxygen atoms in total. The van der Waals surface area contributed by atoms with Gasteiger partial charge in [-0.1, -0.05) is 48.9 Å². The van der Waals surface area contributed by atoms with E-state index < -0.39 is 23.2 Å². The molecule has 0 bridgehead atoms. The monoisotopic (exact) mass is 605 g/mol. The van der Waals surface area contributed by atoms with Crippen LogP contribution in [0.4, 0.5) is 18.9 Å². The molecular weight excluding hydrogens is 567 g/mol. The lowest BCUT2D eigenvalue weighted by Gasteiger charge is -2.42. The fourth-order valence-electron chi connectivity index (χ4n) is 6.94. The highest BCUT2D eigenvalue weighted by Crippen LogP contribution is 2.42. The second kappa shape index (κ2) is 12.4. The van der Waals surface area contributed by atoms with E-state index in [9.17, 15) is 27.9 Å². The Bertz CT molecular complexity index is 1260. The van der Waals surface area contributed by atoms with Gasteiger partial charge < -0.3 is 19.8 Å². The molecule has 2 amide bonds. The first-order chi connectivity index (χ1) is 20.0. The molecule has 3 fully saturated rings. The number of piperidine rings is 3. The van der Waals surface area contributed by atoms with Crippen LogP contribution in [0, 0.1) is 17.8 Å². The van der Waals surface area contributed by atoms with Crippen LogP contribution in [0.25, 0.3) is 0 Å². The van der Waals surface area contributed by atoms with Crippen molar-refractivity contribution in [3.8, 4) is 0 Å². The van der Waals surface area contributed by atoms with Crippen molar-refractivity contribution in [2.24, 2.45) is 17.8 Å². The van der Waals surface area contributed by atoms with Gasteiger partial charge in [-0.25, -0.2) is 0 Å². The van der Waals surface area contributed by atoms with E-state index in [4.69, 9.17) is 11.6 Å². The predicted octanol–water partition coefficient (Wildman–Crippen LogP) is 6.12. The normalized spacial score (nSPS) is 22.6. The maximum Gasteiger partial charge on any atom is 0.430 e. The summed E-state index contributed by atoms with van der Waals surface area (Å²) in [6, 6.07) is 12.3. The van der Waals surface area contributed by atoms with E-state index >= 15 is 0 Å². The van der Waals surface area contributed by atoms with Crippen molar-refractivity contribution in [1.82, 2.24) is 9.80 Å². The maximum atomic E-state index is 14.0. The van der Waals surface area contributed by atoms with Crippen LogP contribution in [0.2, 0.25) is 5.02 Å². The summed E-state index contributed by atoms with van der Waals surface area (Å²) in [4.78, 5) is 31.4. The smallest absolute Gasteiger partial charge is 0.371 e. The van der Waals surface area contributed by atoms with E-state index in [1.165, 1.54) is 17.0 Å². The van der Waals surface area contributed by atoms with Gasteiger partial charge in [-0.2, -0.15) is 13.2 Å². The van der Waals surface area contributed by atoms with Gasteiger partial charge in [0, 0.05) is 50.5 Å². The van der Waals surface area contributed by atoms with Gasteiger partial charge in [0.05, 0.1) is 10.6 Å². The van der Waals surface area contributed by atoms with Crippen LogP contribution in [-0.2, 0) is 10.4 Å². The van der Waals surface area contributed by atoms with Crippen molar-refractivity contribution in [2.75, 3.05) is 44.2 Å². The zero-order valence-corrected chi connectivity index (χ0v) is 24.7. The Morgan fingerprint density at radius 1 is 0.857 bits per heavy atom. The number of likely N-dealkylation sites (tertiary alicyclic amines) is 2. The van der Waals surface area contributed by atoms with E-state index in [0.29, 0.717) is 41.2 Å². The maximum absolute atomic E-state index is 14.0. The molecule has 1 unspecified atom stereocenters. The summed E-state index contributed by atoms with van der Waals surface area (Å²) in [5.74, 6) is -0.108. The van der Waals surface area contributed by atoms with Crippen molar-refractivity contribution in [1.29, 1.82) is 0 Å². The summed E-state index contributed by atoms with van der Waals surface area (Å²) >= 11 is 6.59. The van der Waals surface area contributed by atoms with E-state index in [1.807, 2.05) is 23.1 Å². The van der Waals surface area contributed by atoms with Gasteiger partial charge in [0.2, 0.25) is 0 Å². The van der Waals surface area contributed by atoms with Crippen molar-refractivity contribution in [3.63, 3.8) is 0 Å². The molecule has 2 aromatic carbocycles. The van der Waals surface area contributed by atoms with Gasteiger partial charge in [0.15, 0.2) is 0 Å². The van der Waals surface area contributed by atoms with Gasteiger partial charge >= 0.3 is 6.18 Å². The van der Waals surface area contributed by atoms with E-state index in [0.717, 1.165) is 69.7 Å². The van der Waals surface area contributed by atoms with E-state index in [1.54, 1.807) is 6.07 Å². The van der Waals surface area contributed by atoms with Crippen molar-refractivity contribution in [3.05, 3.63) is 64.7 Å². The third kappa shape index (κ3) is 6.13. The number of nitrogens with zero attached hydrogens (tertiary/aromatic N) is 3. The molecule has 10 heteroatoms. The molecule has 42 heavy (non-hydrogen) atoms. The van der Waals surface area contributed by atoms with Gasteiger partial charge in [-0.15, -0.1) is 0 Å². The molecule has 0 aromatic heterocycles. The molecule has 3 saturated heterocycles. The Kier molecular flexibility index (Phi) is 9.09. The Labute approximate surface area is 250 Å². The largest absolute Gasteiger partial charge is 0.430 e. The minimum atomic E-state index is -5.13. The van der Waals surface area contributed by atoms with E-state index in [-0.39, 0.29) is 19.0 Å². The second-order valence-corrected chi connectivity index (χ2v) is 12.6. The first-order valence-corrected chi connectivity index (χ1v) is 15.3. The molecule has 0 radical (unpaired) electrons. The van der Waals surface area contributed by atoms with Crippen LogP contribution in [0.15, 0.2) is 48.5 Å². The molecule has 0 saturated carbocycles. The number of halogens is 4. The lowest BCUT2D eigenvalue weighted by atomic mass is 9.78. The van der Waals surface area contributed by atoms with Crippen LogP contribution < -0.4 is 4.90 Å². The molecule has 0 aliphatic carbocycles. The molecule has 3 aliphatic rings. The number of hydrogen-bond acceptors (Lipinski definition) is 4. The number of carbonyl (C=O) groups is 2. The van der Waals surface area contributed by atoms with Crippen LogP contribution >= 0.6 is 11.6 Å². The lowest BCUT2D eigenvalue weighted by molar-refractivity contribution is -0.262. The SMILES string of the molecule is CC1CCCN(C(=O)c2ccc(N3CCC(C4CCN(C(=O)[C@](O)(c5ccccc5)C(F)(F)F)CC4)CC3)cc2Cl)C1. The van der Waals surface area contributed by atoms with Crippen molar-refractivity contribution < 1.29 is 27.9 Å². The summed E-state index contributed by atoms with van der Waals surface area (Å²) in [5.41, 5.74) is -2.50. The Hall–Kier alpha value is -2.78. The average Bonchev–Trinajstić information content (AvgIpc) is 3.00. The molecule has 228 valence electrons. The van der Waals surface area contributed by atoms with Crippen LogP contribution in [-0.4, -0.2) is 72.2 Å². The zero-order valence-electron chi connectivity index (χ0n) is 24.0. The molecule has 0 spiro atoms. The molecule has 3 heterocycles. The number of aliphatic hydroxyl groups is 1. The van der Waals surface area contributed by atoms with Crippen LogP contribution in [0.3, 0.4) is 0 Å². The summed E-state index contributed by atoms with van der Waals surface area (Å²) < 4.78 is 42.0. The summed E-state index contributed by atoms with van der Waals surface area (Å²) in [6.07, 6.45) is 0.0945. The third-order valence-corrected chi connectivity index (χ3v) is 9.75. The van der Waals surface area contributed by atoms with Gasteiger partial charge in [0.25, 0.3) is 17.4 Å². The number of alkyl halides is 3. The fraction of sp³-hybridized carbons (Fsp3) is 0.562. The number of amides is 2. The topological polar surface area (TPSA) is 64.1 Å². The third-order valence-electron chi connectivity index (χ3n) is 9.44. The minimum Gasteiger partial charge on any atom is -0.371 e. The average molecular weight is 606 g/mol. The summed E-state index contributed by atoms with van der Waals surface area (Å²) in [5, 5.41) is 11.1. The molecule has 2 aromatic rings. The van der Waals surface area contributed by atoms with Gasteiger partial charge in [-0.05, 0) is 74.5 Å². The number of benzene rings is 2. The van der Waals surface area contributed by atoms with Crippen molar-refractivity contribution >= 4 is 29.1 Å². The molecule has 3 aliphatic heterocycles. The standard InChI is InChI=1S/C32H39ClF3N3O3/c1-22-6-5-15-39(21-22)29(40)27-10-9-26(20-28(27)33)37-16-11-23(12-17-37)24-13-18-38(19-14-24)30(41)31(42,32(34,35)36)25-7-3-2-4-8-25/h2-4,7-10,20,22-24,42H,5-6,11-19,21H2,1H3/t22?,31-/m1/s1. The molecule has 5 rings (SSSR count). The number of hydrogen-bond donors (Lipinski definition) is 1. The van der Waals surface area contributed by atoms with Crippen LogP contribution in [0.5, 0.6) is 0 Å². The Morgan fingerprint density at radius 2 is 1.48 bits per heavy atom. The van der Waals surface area contributed by atoms with Gasteiger partial charge in [-0.3, -0.25) is 9.59 Å². The second-order valence-electron chi connectivity index (χ2n) is 12.2. The van der Waals surface area contributed by atoms with Gasteiger partial charge in [0.1, 0.15) is 0 Å². The first kappa shape index (κ1) is 30.7. The Balaban J connectivity index is 1.15. The lowest BCUT2D eigenvalue weighted by Crippen LogP contribution is -2.57. The predicted molar refractivity (Wildman–Crippen MR) is 156 cm³/mol. The molecule has 1 N–H and O–H groups in total. The highest BCUT2D eigenvalue weighted by molar-refractivity contribution is 6.34. The summed E-state index contributed by atoms with van der Waals surface area (Å²) in [6.45, 7) is 5.70. The summed E-state index contributed by atoms with van der Waals surface area (Å²) in [7, 11) is 0. The highest BCUT2D eigenvalue weighted by atomic mass is 35.5. The van der Waals surface area contributed by atoms with Crippen molar-refractivity contribution in [2.45, 2.75) is 57.2 Å². The first-order valence-electron chi connectivity index (χ1n) is 15.0. The Morgan fingerprint density at radius 3 is 2.05 bits per heavy atom. The quantitative estimate of drug-likeness (QED) is 0.446. The number of rotatable bonds is 5. The van der Waals surface area contributed by atoms with E-state index in [2.05, 4.69) is 11.8 Å². The number of carbonyl (C=O) groups excluding carboxylic acids is 2. The molecule has 2 atom stereocenters.